The minimum Gasteiger partial charge on any atom is -0.439 e. The zero-order valence-corrected chi connectivity index (χ0v) is 19.8. The van der Waals surface area contributed by atoms with Gasteiger partial charge in [0.2, 0.25) is 0 Å². The number of nitrogens with one attached hydrogen (secondary N) is 2. The molecule has 9 heteroatoms. The topological polar surface area (TPSA) is 105 Å². The van der Waals surface area contributed by atoms with E-state index in [0.717, 1.165) is 28.0 Å². The van der Waals surface area contributed by atoms with Crippen LogP contribution in [-0.2, 0) is 9.53 Å². The van der Waals surface area contributed by atoms with E-state index >= 15 is 0 Å². The summed E-state index contributed by atoms with van der Waals surface area (Å²) in [6.07, 6.45) is 2.99. The third kappa shape index (κ3) is 3.76. The average Bonchev–Trinajstić information content (AvgIpc) is 3.41. The van der Waals surface area contributed by atoms with Gasteiger partial charge in [0.05, 0.1) is 5.69 Å². The molecule has 1 saturated heterocycles. The van der Waals surface area contributed by atoms with Gasteiger partial charge >= 0.3 is 6.09 Å². The maximum atomic E-state index is 12.2. The number of carbonyl (C=O) groups is 2. The van der Waals surface area contributed by atoms with Crippen molar-refractivity contribution < 1.29 is 14.3 Å². The first-order chi connectivity index (χ1) is 16.4. The number of fused-ring (bicyclic) bond motifs is 2. The molecule has 3 aromatic heterocycles. The summed E-state index contributed by atoms with van der Waals surface area (Å²) in [7, 11) is 1.47. The highest BCUT2D eigenvalue weighted by Crippen LogP contribution is 2.38. The summed E-state index contributed by atoms with van der Waals surface area (Å²) in [6, 6.07) is 8.66. The van der Waals surface area contributed by atoms with Crippen LogP contribution in [0.15, 0.2) is 36.8 Å². The molecule has 1 aliphatic rings. The summed E-state index contributed by atoms with van der Waals surface area (Å²) < 4.78 is 6.69. The summed E-state index contributed by atoms with van der Waals surface area (Å²) >= 11 is 0. The first kappa shape index (κ1) is 21.9. The molecule has 4 heterocycles. The van der Waals surface area contributed by atoms with E-state index in [0.29, 0.717) is 19.0 Å². The molecule has 176 valence electrons. The Balaban J connectivity index is 1.42. The largest absolute Gasteiger partial charge is 0.439 e. The number of rotatable bonds is 5. The summed E-state index contributed by atoms with van der Waals surface area (Å²) in [6.45, 7) is 7.47. The first-order valence-corrected chi connectivity index (χ1v) is 11.4. The van der Waals surface area contributed by atoms with Crippen LogP contribution in [0, 0.1) is 6.92 Å². The van der Waals surface area contributed by atoms with Gasteiger partial charge in [0.1, 0.15) is 6.33 Å². The fourth-order valence-electron chi connectivity index (χ4n) is 4.73. The van der Waals surface area contributed by atoms with Gasteiger partial charge < -0.3 is 19.9 Å². The second kappa shape index (κ2) is 8.48. The molecule has 1 aliphatic heterocycles. The minimum absolute atomic E-state index is 0.174. The predicted molar refractivity (Wildman–Crippen MR) is 129 cm³/mol. The molecule has 4 aromatic rings. The summed E-state index contributed by atoms with van der Waals surface area (Å²) in [5.74, 6) is 0.402. The first-order valence-electron chi connectivity index (χ1n) is 11.4. The quantitative estimate of drug-likeness (QED) is 0.474. The molecular formula is C25H28N6O3. The van der Waals surface area contributed by atoms with Gasteiger partial charge in [0, 0.05) is 48.7 Å². The number of likely N-dealkylation sites (tertiary alicyclic amines) is 1. The van der Waals surface area contributed by atoms with E-state index in [1.54, 1.807) is 11.2 Å². The molecule has 5 rings (SSSR count). The standard InChI is InChI=1S/C25H28N6O3/c1-14(2)22-19-8-16(18-9-30(10-18)21(32)12-34-25(33)26-4)5-6-20(19)29-23(22)17-7-15(3)24-27-13-28-31(24)11-17/h5-8,11,13-14,18,29H,9-10,12H2,1-4H3,(H,26,33). The fraction of sp³-hybridized carbons (Fsp3) is 0.360. The van der Waals surface area contributed by atoms with Crippen LogP contribution in [0.4, 0.5) is 4.79 Å². The molecule has 0 spiro atoms. The van der Waals surface area contributed by atoms with Crippen molar-refractivity contribution >= 4 is 28.6 Å². The van der Waals surface area contributed by atoms with Crippen LogP contribution in [-0.4, -0.2) is 63.2 Å². The molecule has 0 bridgehead atoms. The monoisotopic (exact) mass is 460 g/mol. The number of aromatic amines is 1. The molecule has 0 unspecified atom stereocenters. The summed E-state index contributed by atoms with van der Waals surface area (Å²) in [4.78, 5) is 33.1. The lowest BCUT2D eigenvalue weighted by Crippen LogP contribution is -2.50. The molecule has 34 heavy (non-hydrogen) atoms. The van der Waals surface area contributed by atoms with Crippen LogP contribution in [0.3, 0.4) is 0 Å². The number of H-pyrrole nitrogens is 1. The van der Waals surface area contributed by atoms with E-state index in [2.05, 4.69) is 58.5 Å². The van der Waals surface area contributed by atoms with Crippen LogP contribution in [0.5, 0.6) is 0 Å². The number of aryl methyl sites for hydroxylation is 1. The van der Waals surface area contributed by atoms with Crippen molar-refractivity contribution in [2.75, 3.05) is 26.7 Å². The van der Waals surface area contributed by atoms with Crippen LogP contribution in [0.1, 0.15) is 42.4 Å². The number of ether oxygens (including phenoxy) is 1. The smallest absolute Gasteiger partial charge is 0.407 e. The molecule has 1 aromatic carbocycles. The fourth-order valence-corrected chi connectivity index (χ4v) is 4.73. The number of amides is 2. The zero-order chi connectivity index (χ0) is 24.0. The van der Waals surface area contributed by atoms with E-state index in [9.17, 15) is 9.59 Å². The molecular weight excluding hydrogens is 432 g/mol. The third-order valence-electron chi connectivity index (χ3n) is 6.52. The Morgan fingerprint density at radius 1 is 1.26 bits per heavy atom. The highest BCUT2D eigenvalue weighted by molar-refractivity contribution is 5.92. The molecule has 1 fully saturated rings. The van der Waals surface area contributed by atoms with E-state index in [1.165, 1.54) is 23.6 Å². The van der Waals surface area contributed by atoms with Crippen LogP contribution >= 0.6 is 0 Å². The van der Waals surface area contributed by atoms with E-state index in [4.69, 9.17) is 4.74 Å². The molecule has 0 aliphatic carbocycles. The van der Waals surface area contributed by atoms with Crippen molar-refractivity contribution in [3.05, 3.63) is 53.5 Å². The number of alkyl carbamates (subject to hydrolysis) is 1. The van der Waals surface area contributed by atoms with Crippen molar-refractivity contribution in [2.45, 2.75) is 32.6 Å². The maximum Gasteiger partial charge on any atom is 0.407 e. The average molecular weight is 461 g/mol. The Labute approximate surface area is 197 Å². The molecule has 0 saturated carbocycles. The Morgan fingerprint density at radius 2 is 2.06 bits per heavy atom. The van der Waals surface area contributed by atoms with Crippen molar-refractivity contribution in [1.82, 2.24) is 29.8 Å². The summed E-state index contributed by atoms with van der Waals surface area (Å²) in [5.41, 5.74) is 7.67. The van der Waals surface area contributed by atoms with Crippen molar-refractivity contribution in [3.8, 4) is 11.3 Å². The highest BCUT2D eigenvalue weighted by atomic mass is 16.6. The second-order valence-corrected chi connectivity index (χ2v) is 9.14. The lowest BCUT2D eigenvalue weighted by Gasteiger charge is -2.39. The highest BCUT2D eigenvalue weighted by Gasteiger charge is 2.32. The van der Waals surface area contributed by atoms with Crippen molar-refractivity contribution in [2.24, 2.45) is 0 Å². The normalized spacial score (nSPS) is 14.1. The van der Waals surface area contributed by atoms with E-state index in [-0.39, 0.29) is 18.4 Å². The van der Waals surface area contributed by atoms with Gasteiger partial charge in [-0.3, -0.25) is 4.79 Å². The van der Waals surface area contributed by atoms with Crippen LogP contribution < -0.4 is 5.32 Å². The van der Waals surface area contributed by atoms with E-state index < -0.39 is 6.09 Å². The zero-order valence-electron chi connectivity index (χ0n) is 19.8. The van der Waals surface area contributed by atoms with Crippen LogP contribution in [0.2, 0.25) is 0 Å². The minimum atomic E-state index is -0.599. The van der Waals surface area contributed by atoms with Crippen molar-refractivity contribution in [1.29, 1.82) is 0 Å². The number of nitrogens with zero attached hydrogens (tertiary/aromatic N) is 4. The number of pyridine rings is 1. The predicted octanol–water partition coefficient (Wildman–Crippen LogP) is 3.59. The number of benzene rings is 1. The lowest BCUT2D eigenvalue weighted by atomic mass is 9.89. The Kier molecular flexibility index (Phi) is 5.47. The molecule has 2 N–H and O–H groups in total. The second-order valence-electron chi connectivity index (χ2n) is 9.14. The summed E-state index contributed by atoms with van der Waals surface area (Å²) in [5, 5.41) is 7.87. The van der Waals surface area contributed by atoms with Gasteiger partial charge in [-0.15, -0.1) is 0 Å². The molecule has 9 nitrogen and oxygen atoms in total. The van der Waals surface area contributed by atoms with Gasteiger partial charge in [-0.05, 0) is 47.7 Å². The van der Waals surface area contributed by atoms with Gasteiger partial charge in [-0.25, -0.2) is 14.3 Å². The Morgan fingerprint density at radius 3 is 2.79 bits per heavy atom. The van der Waals surface area contributed by atoms with Crippen molar-refractivity contribution in [3.63, 3.8) is 0 Å². The van der Waals surface area contributed by atoms with Gasteiger partial charge in [-0.1, -0.05) is 19.9 Å². The molecule has 2 amide bonds. The maximum absolute atomic E-state index is 12.2. The SMILES string of the molecule is CNC(=O)OCC(=O)N1CC(c2ccc3[nH]c(-c4cc(C)c5ncnn5c4)c(C(C)C)c3c2)C1. The number of hydrogen-bond acceptors (Lipinski definition) is 5. The lowest BCUT2D eigenvalue weighted by molar-refractivity contribution is -0.138. The number of carbonyl (C=O) groups excluding carboxylic acids is 2. The van der Waals surface area contributed by atoms with Gasteiger partial charge in [0.25, 0.3) is 5.91 Å². The molecule has 0 radical (unpaired) electrons. The van der Waals surface area contributed by atoms with E-state index in [1.807, 2.05) is 17.6 Å². The van der Waals surface area contributed by atoms with Gasteiger partial charge in [0.15, 0.2) is 12.3 Å². The Bertz CT molecular complexity index is 1400. The molecule has 0 atom stereocenters. The number of hydrogen-bond donors (Lipinski definition) is 2. The Hall–Kier alpha value is -3.88. The third-order valence-corrected chi connectivity index (χ3v) is 6.52. The number of aromatic nitrogens is 4. The van der Waals surface area contributed by atoms with Gasteiger partial charge in [-0.2, -0.15) is 5.10 Å². The van der Waals surface area contributed by atoms with Crippen LogP contribution in [0.25, 0.3) is 27.8 Å².